The van der Waals surface area contributed by atoms with Gasteiger partial charge in [-0.05, 0) is 18.2 Å². The molecule has 17 heavy (non-hydrogen) atoms. The fourth-order valence-electron chi connectivity index (χ4n) is 1.09. The number of carbonyl (C=O) groups is 2. The summed E-state index contributed by atoms with van der Waals surface area (Å²) in [4.78, 5) is 23.8. The standard InChI is InChI=1S/C11H14FN3O2/c1-15(2)11(17)13-7-10(16)14-9-5-3-4-8(12)6-9/h3-6H,7H2,1-2H3,(H,13,17)(H,14,16). The highest BCUT2D eigenvalue weighted by Crippen LogP contribution is 2.08. The summed E-state index contributed by atoms with van der Waals surface area (Å²) in [5.74, 6) is -0.842. The number of hydrogen-bond acceptors (Lipinski definition) is 2. The predicted molar refractivity (Wildman–Crippen MR) is 62.1 cm³/mol. The molecule has 3 amide bonds. The number of rotatable bonds is 3. The second kappa shape index (κ2) is 5.83. The Labute approximate surface area is 98.6 Å². The van der Waals surface area contributed by atoms with Crippen LogP contribution < -0.4 is 10.6 Å². The number of anilines is 1. The fourth-order valence-corrected chi connectivity index (χ4v) is 1.09. The topological polar surface area (TPSA) is 61.4 Å². The molecule has 5 nitrogen and oxygen atoms in total. The minimum atomic E-state index is -0.430. The average Bonchev–Trinajstić information content (AvgIpc) is 2.25. The van der Waals surface area contributed by atoms with E-state index in [0.29, 0.717) is 5.69 Å². The van der Waals surface area contributed by atoms with Gasteiger partial charge in [0.2, 0.25) is 5.91 Å². The van der Waals surface area contributed by atoms with E-state index >= 15 is 0 Å². The molecular formula is C11H14FN3O2. The second-order valence-electron chi connectivity index (χ2n) is 3.61. The molecule has 0 radical (unpaired) electrons. The van der Waals surface area contributed by atoms with Crippen LogP contribution in [0, 0.1) is 5.82 Å². The molecule has 2 N–H and O–H groups in total. The summed E-state index contributed by atoms with van der Waals surface area (Å²) in [5, 5.41) is 4.86. The van der Waals surface area contributed by atoms with Gasteiger partial charge < -0.3 is 15.5 Å². The Morgan fingerprint density at radius 2 is 2.06 bits per heavy atom. The first-order valence-corrected chi connectivity index (χ1v) is 4.99. The van der Waals surface area contributed by atoms with Crippen molar-refractivity contribution in [3.63, 3.8) is 0 Å². The van der Waals surface area contributed by atoms with E-state index in [9.17, 15) is 14.0 Å². The summed E-state index contributed by atoms with van der Waals surface area (Å²) in [6, 6.07) is 5.17. The molecule has 0 aliphatic carbocycles. The molecule has 0 aliphatic heterocycles. The van der Waals surface area contributed by atoms with Gasteiger partial charge in [0.25, 0.3) is 0 Å². The van der Waals surface area contributed by atoms with Gasteiger partial charge in [0, 0.05) is 19.8 Å². The molecule has 6 heteroatoms. The van der Waals surface area contributed by atoms with E-state index in [1.54, 1.807) is 20.2 Å². The van der Waals surface area contributed by atoms with Gasteiger partial charge in [-0.1, -0.05) is 6.07 Å². The lowest BCUT2D eigenvalue weighted by molar-refractivity contribution is -0.115. The Bertz CT molecular complexity index is 421. The van der Waals surface area contributed by atoms with Crippen molar-refractivity contribution in [1.82, 2.24) is 10.2 Å². The minimum absolute atomic E-state index is 0.159. The van der Waals surface area contributed by atoms with E-state index < -0.39 is 11.7 Å². The number of carbonyl (C=O) groups excluding carboxylic acids is 2. The highest BCUT2D eigenvalue weighted by molar-refractivity contribution is 5.94. The summed E-state index contributed by atoms with van der Waals surface area (Å²) in [6.07, 6.45) is 0. The number of benzene rings is 1. The first-order valence-electron chi connectivity index (χ1n) is 4.99. The molecule has 0 aromatic heterocycles. The third-order valence-electron chi connectivity index (χ3n) is 1.91. The highest BCUT2D eigenvalue weighted by atomic mass is 19.1. The number of nitrogens with zero attached hydrogens (tertiary/aromatic N) is 1. The summed E-state index contributed by atoms with van der Waals surface area (Å²) in [7, 11) is 3.14. The zero-order valence-electron chi connectivity index (χ0n) is 9.66. The lowest BCUT2D eigenvalue weighted by Crippen LogP contribution is -2.39. The van der Waals surface area contributed by atoms with Crippen molar-refractivity contribution >= 4 is 17.6 Å². The van der Waals surface area contributed by atoms with Crippen molar-refractivity contribution in [2.24, 2.45) is 0 Å². The molecule has 0 bridgehead atoms. The first-order chi connectivity index (χ1) is 7.99. The van der Waals surface area contributed by atoms with Crippen LogP contribution in [0.15, 0.2) is 24.3 Å². The normalized spacial score (nSPS) is 9.59. The molecule has 0 saturated carbocycles. The van der Waals surface area contributed by atoms with Gasteiger partial charge in [-0.3, -0.25) is 4.79 Å². The molecule has 92 valence electrons. The largest absolute Gasteiger partial charge is 0.331 e. The van der Waals surface area contributed by atoms with Crippen LogP contribution in [0.2, 0.25) is 0 Å². The third-order valence-corrected chi connectivity index (χ3v) is 1.91. The number of hydrogen-bond donors (Lipinski definition) is 2. The number of amides is 3. The van der Waals surface area contributed by atoms with Crippen LogP contribution in [0.3, 0.4) is 0 Å². The van der Waals surface area contributed by atoms with Gasteiger partial charge >= 0.3 is 6.03 Å². The molecule has 1 rings (SSSR count). The molecule has 0 atom stereocenters. The number of halogens is 1. The van der Waals surface area contributed by atoms with Crippen molar-refractivity contribution in [2.75, 3.05) is 26.0 Å². The maximum absolute atomic E-state index is 12.8. The van der Waals surface area contributed by atoms with E-state index in [1.165, 1.54) is 23.1 Å². The van der Waals surface area contributed by atoms with Gasteiger partial charge in [-0.25, -0.2) is 9.18 Å². The van der Waals surface area contributed by atoms with Gasteiger partial charge in [-0.15, -0.1) is 0 Å². The molecule has 0 aliphatic rings. The van der Waals surface area contributed by atoms with Crippen molar-refractivity contribution in [1.29, 1.82) is 0 Å². The average molecular weight is 239 g/mol. The Hall–Kier alpha value is -2.11. The smallest absolute Gasteiger partial charge is 0.317 e. The monoisotopic (exact) mass is 239 g/mol. The molecule has 0 saturated heterocycles. The quantitative estimate of drug-likeness (QED) is 0.827. The lowest BCUT2D eigenvalue weighted by atomic mass is 10.3. The van der Waals surface area contributed by atoms with E-state index in [-0.39, 0.29) is 12.6 Å². The number of urea groups is 1. The Kier molecular flexibility index (Phi) is 4.45. The summed E-state index contributed by atoms with van der Waals surface area (Å²) in [5.41, 5.74) is 0.356. The fraction of sp³-hybridized carbons (Fsp3) is 0.273. The molecular weight excluding hydrogens is 225 g/mol. The Morgan fingerprint density at radius 3 is 2.65 bits per heavy atom. The maximum Gasteiger partial charge on any atom is 0.317 e. The number of nitrogens with one attached hydrogen (secondary N) is 2. The van der Waals surface area contributed by atoms with Crippen LogP contribution in [0.25, 0.3) is 0 Å². The predicted octanol–water partition coefficient (Wildman–Crippen LogP) is 1.04. The maximum atomic E-state index is 12.8. The third kappa shape index (κ3) is 4.50. The summed E-state index contributed by atoms with van der Waals surface area (Å²) >= 11 is 0. The SMILES string of the molecule is CN(C)C(=O)NCC(=O)Nc1cccc(F)c1. The van der Waals surface area contributed by atoms with Crippen molar-refractivity contribution < 1.29 is 14.0 Å². The van der Waals surface area contributed by atoms with Gasteiger partial charge in [0.05, 0.1) is 6.54 Å². The summed E-state index contributed by atoms with van der Waals surface area (Å²) < 4.78 is 12.8. The van der Waals surface area contributed by atoms with Gasteiger partial charge in [0.15, 0.2) is 0 Å². The van der Waals surface area contributed by atoms with Crippen molar-refractivity contribution in [3.8, 4) is 0 Å². The Balaban J connectivity index is 2.43. The van der Waals surface area contributed by atoms with Crippen molar-refractivity contribution in [3.05, 3.63) is 30.1 Å². The van der Waals surface area contributed by atoms with Gasteiger partial charge in [-0.2, -0.15) is 0 Å². The zero-order valence-corrected chi connectivity index (χ0v) is 9.66. The Morgan fingerprint density at radius 1 is 1.35 bits per heavy atom. The van der Waals surface area contributed by atoms with Crippen LogP contribution in [-0.4, -0.2) is 37.5 Å². The molecule has 1 aromatic rings. The molecule has 0 unspecified atom stereocenters. The minimum Gasteiger partial charge on any atom is -0.331 e. The van der Waals surface area contributed by atoms with Crippen LogP contribution in [0.5, 0.6) is 0 Å². The lowest BCUT2D eigenvalue weighted by Gasteiger charge is -2.11. The summed E-state index contributed by atoms with van der Waals surface area (Å²) in [6.45, 7) is -0.159. The van der Waals surface area contributed by atoms with Crippen molar-refractivity contribution in [2.45, 2.75) is 0 Å². The van der Waals surface area contributed by atoms with Gasteiger partial charge in [0.1, 0.15) is 5.82 Å². The molecule has 0 spiro atoms. The van der Waals surface area contributed by atoms with E-state index in [1.807, 2.05) is 0 Å². The van der Waals surface area contributed by atoms with Crippen LogP contribution in [0.1, 0.15) is 0 Å². The van der Waals surface area contributed by atoms with E-state index in [0.717, 1.165) is 0 Å². The van der Waals surface area contributed by atoms with Crippen LogP contribution >= 0.6 is 0 Å². The van der Waals surface area contributed by atoms with Crippen LogP contribution in [-0.2, 0) is 4.79 Å². The zero-order chi connectivity index (χ0) is 12.8. The molecule has 0 heterocycles. The highest BCUT2D eigenvalue weighted by Gasteiger charge is 2.07. The van der Waals surface area contributed by atoms with E-state index in [2.05, 4.69) is 10.6 Å². The van der Waals surface area contributed by atoms with Crippen LogP contribution in [0.4, 0.5) is 14.9 Å². The second-order valence-corrected chi connectivity index (χ2v) is 3.61. The first kappa shape index (κ1) is 13.0. The molecule has 1 aromatic carbocycles. The van der Waals surface area contributed by atoms with E-state index in [4.69, 9.17) is 0 Å². The molecule has 0 fully saturated rings.